The van der Waals surface area contributed by atoms with Gasteiger partial charge in [0, 0.05) is 17.9 Å². The van der Waals surface area contributed by atoms with E-state index in [0.717, 1.165) is 0 Å². The zero-order valence-corrected chi connectivity index (χ0v) is 13.2. The van der Waals surface area contributed by atoms with E-state index in [4.69, 9.17) is 14.2 Å². The summed E-state index contributed by atoms with van der Waals surface area (Å²) >= 11 is 0. The van der Waals surface area contributed by atoms with E-state index in [9.17, 15) is 14.4 Å². The number of hydrogen-bond donors (Lipinski definition) is 0. The predicted molar refractivity (Wildman–Crippen MR) is 83.2 cm³/mol. The van der Waals surface area contributed by atoms with E-state index in [1.54, 1.807) is 24.3 Å². The zero-order chi connectivity index (χ0) is 17.2. The summed E-state index contributed by atoms with van der Waals surface area (Å²) in [5.74, 6) is -0.857. The van der Waals surface area contributed by atoms with E-state index < -0.39 is 17.9 Å². The van der Waals surface area contributed by atoms with Gasteiger partial charge >= 0.3 is 11.9 Å². The summed E-state index contributed by atoms with van der Waals surface area (Å²) in [4.78, 5) is 34.1. The van der Waals surface area contributed by atoms with Gasteiger partial charge in [-0.2, -0.15) is 0 Å². The van der Waals surface area contributed by atoms with Crippen LogP contribution in [0.2, 0.25) is 0 Å². The number of carbonyl (C=O) groups excluding carboxylic acids is 3. The number of methoxy groups -OCH3 is 1. The molecule has 0 fully saturated rings. The molecule has 0 spiro atoms. The van der Waals surface area contributed by atoms with Crippen LogP contribution in [0.15, 0.2) is 36.4 Å². The topological polar surface area (TPSA) is 78.9 Å². The number of aldehydes is 1. The van der Waals surface area contributed by atoms with Gasteiger partial charge in [0.1, 0.15) is 12.9 Å². The van der Waals surface area contributed by atoms with Crippen LogP contribution in [-0.2, 0) is 19.1 Å². The molecule has 23 heavy (non-hydrogen) atoms. The molecule has 0 aliphatic heterocycles. The molecular weight excluding hydrogens is 300 g/mol. The predicted octanol–water partition coefficient (Wildman–Crippen LogP) is 2.32. The van der Waals surface area contributed by atoms with Gasteiger partial charge in [-0.05, 0) is 25.5 Å². The second-order valence-corrected chi connectivity index (χ2v) is 4.94. The number of ether oxygens (including phenoxy) is 3. The minimum Gasteiger partial charge on any atom is -0.493 e. The van der Waals surface area contributed by atoms with E-state index in [1.807, 2.05) is 0 Å². The fourth-order valence-corrected chi connectivity index (χ4v) is 1.68. The van der Waals surface area contributed by atoms with Crippen molar-refractivity contribution in [2.24, 2.45) is 5.92 Å². The van der Waals surface area contributed by atoms with Crippen LogP contribution in [-0.4, -0.2) is 31.9 Å². The normalized spacial score (nSPS) is 11.2. The summed E-state index contributed by atoms with van der Waals surface area (Å²) < 4.78 is 15.2. The van der Waals surface area contributed by atoms with Gasteiger partial charge in [0.2, 0.25) is 0 Å². The molecule has 0 saturated heterocycles. The smallest absolute Gasteiger partial charge is 0.333 e. The summed E-state index contributed by atoms with van der Waals surface area (Å²) in [7, 11) is 1.48. The van der Waals surface area contributed by atoms with Crippen molar-refractivity contribution in [1.82, 2.24) is 0 Å². The van der Waals surface area contributed by atoms with Gasteiger partial charge in [0.05, 0.1) is 7.11 Å². The van der Waals surface area contributed by atoms with E-state index in [1.165, 1.54) is 14.0 Å². The van der Waals surface area contributed by atoms with E-state index in [0.29, 0.717) is 17.8 Å². The maximum absolute atomic E-state index is 11.8. The minimum absolute atomic E-state index is 0.0199. The average Bonchev–Trinajstić information content (AvgIpc) is 2.55. The van der Waals surface area contributed by atoms with E-state index in [2.05, 4.69) is 6.58 Å². The minimum atomic E-state index is -0.566. The summed E-state index contributed by atoms with van der Waals surface area (Å²) in [6.45, 7) is 4.88. The molecule has 0 aliphatic rings. The molecular formula is C17H20O6. The molecule has 0 N–H and O–H groups in total. The maximum atomic E-state index is 11.8. The van der Waals surface area contributed by atoms with Gasteiger partial charge in [-0.3, -0.25) is 4.79 Å². The molecule has 6 heteroatoms. The average molecular weight is 320 g/mol. The molecule has 0 amide bonds. The van der Waals surface area contributed by atoms with E-state index in [-0.39, 0.29) is 25.0 Å². The Morgan fingerprint density at radius 1 is 1.26 bits per heavy atom. The molecule has 0 bridgehead atoms. The Morgan fingerprint density at radius 2 is 1.91 bits per heavy atom. The fraction of sp³-hybridized carbons (Fsp3) is 0.353. The summed E-state index contributed by atoms with van der Waals surface area (Å²) in [6.07, 6.45) is 0.898. The number of hydrogen-bond acceptors (Lipinski definition) is 6. The fourth-order valence-electron chi connectivity index (χ4n) is 1.68. The summed E-state index contributed by atoms with van der Waals surface area (Å²) in [6, 6.07) is 6.77. The van der Waals surface area contributed by atoms with Crippen LogP contribution < -0.4 is 9.47 Å². The highest BCUT2D eigenvalue weighted by Crippen LogP contribution is 2.26. The first-order valence-corrected chi connectivity index (χ1v) is 7.09. The van der Waals surface area contributed by atoms with E-state index >= 15 is 0 Å². The molecule has 1 atom stereocenters. The van der Waals surface area contributed by atoms with Gasteiger partial charge in [-0.1, -0.05) is 18.7 Å². The van der Waals surface area contributed by atoms with Gasteiger partial charge in [0.25, 0.3) is 0 Å². The standard InChI is InChI=1S/C17H20O6/c1-12(2)17(20)22-11-13(10-18)8-9-16(19)23-15-7-5-4-6-14(15)21-3/h4-7,10,13H,1,8-9,11H2,2-3H3. The van der Waals surface area contributed by atoms with Crippen LogP contribution in [0.25, 0.3) is 0 Å². The molecule has 1 aromatic rings. The van der Waals surface area contributed by atoms with Crippen LogP contribution in [0, 0.1) is 5.92 Å². The third kappa shape index (κ3) is 6.34. The Bertz CT molecular complexity index is 578. The first-order chi connectivity index (χ1) is 11.0. The largest absolute Gasteiger partial charge is 0.493 e. The lowest BCUT2D eigenvalue weighted by Gasteiger charge is -2.12. The third-order valence-corrected chi connectivity index (χ3v) is 2.98. The number of benzene rings is 1. The monoisotopic (exact) mass is 320 g/mol. The molecule has 1 unspecified atom stereocenters. The van der Waals surface area contributed by atoms with Crippen molar-refractivity contribution < 1.29 is 28.6 Å². The lowest BCUT2D eigenvalue weighted by atomic mass is 10.1. The zero-order valence-electron chi connectivity index (χ0n) is 13.2. The molecule has 1 aromatic carbocycles. The van der Waals surface area contributed by atoms with Gasteiger partial charge in [0.15, 0.2) is 11.5 Å². The Morgan fingerprint density at radius 3 is 2.48 bits per heavy atom. The highest BCUT2D eigenvalue weighted by Gasteiger charge is 2.15. The quantitative estimate of drug-likeness (QED) is 0.301. The Balaban J connectivity index is 2.45. The van der Waals surface area contributed by atoms with Crippen molar-refractivity contribution in [1.29, 1.82) is 0 Å². The van der Waals surface area contributed by atoms with Crippen LogP contribution in [0.4, 0.5) is 0 Å². The highest BCUT2D eigenvalue weighted by atomic mass is 16.6. The SMILES string of the molecule is C=C(C)C(=O)OCC(C=O)CCC(=O)Oc1ccccc1OC. The van der Waals surface area contributed by atoms with Crippen molar-refractivity contribution in [3.63, 3.8) is 0 Å². The third-order valence-electron chi connectivity index (χ3n) is 2.98. The lowest BCUT2D eigenvalue weighted by molar-refractivity contribution is -0.141. The van der Waals surface area contributed by atoms with Crippen LogP contribution in [0.1, 0.15) is 19.8 Å². The first-order valence-electron chi connectivity index (χ1n) is 7.09. The molecule has 1 rings (SSSR count). The molecule has 6 nitrogen and oxygen atoms in total. The number of para-hydroxylation sites is 2. The Kier molecular flexibility index (Phi) is 7.53. The van der Waals surface area contributed by atoms with Crippen LogP contribution in [0.5, 0.6) is 11.5 Å². The number of esters is 2. The molecule has 0 aromatic heterocycles. The van der Waals surface area contributed by atoms with Crippen molar-refractivity contribution >= 4 is 18.2 Å². The molecule has 0 aliphatic carbocycles. The second-order valence-electron chi connectivity index (χ2n) is 4.94. The second kappa shape index (κ2) is 9.40. The molecule has 0 saturated carbocycles. The Hall–Kier alpha value is -2.63. The first kappa shape index (κ1) is 18.4. The van der Waals surface area contributed by atoms with Crippen LogP contribution in [0.3, 0.4) is 0 Å². The molecule has 124 valence electrons. The Labute approximate surface area is 135 Å². The van der Waals surface area contributed by atoms with Crippen LogP contribution >= 0.6 is 0 Å². The van der Waals surface area contributed by atoms with Crippen molar-refractivity contribution in [3.05, 3.63) is 36.4 Å². The van der Waals surface area contributed by atoms with Crippen molar-refractivity contribution in [2.75, 3.05) is 13.7 Å². The number of carbonyl (C=O) groups is 3. The summed E-state index contributed by atoms with van der Waals surface area (Å²) in [5, 5.41) is 0. The summed E-state index contributed by atoms with van der Waals surface area (Å²) in [5.41, 5.74) is 0.255. The molecule has 0 heterocycles. The highest BCUT2D eigenvalue weighted by molar-refractivity contribution is 5.87. The van der Waals surface area contributed by atoms with Gasteiger partial charge < -0.3 is 19.0 Å². The lowest BCUT2D eigenvalue weighted by Crippen LogP contribution is -2.18. The van der Waals surface area contributed by atoms with Crippen molar-refractivity contribution in [3.8, 4) is 11.5 Å². The van der Waals surface area contributed by atoms with Gasteiger partial charge in [-0.15, -0.1) is 0 Å². The maximum Gasteiger partial charge on any atom is 0.333 e. The van der Waals surface area contributed by atoms with Crippen molar-refractivity contribution in [2.45, 2.75) is 19.8 Å². The number of rotatable bonds is 9. The molecule has 0 radical (unpaired) electrons. The van der Waals surface area contributed by atoms with Gasteiger partial charge in [-0.25, -0.2) is 4.79 Å².